The molecule has 0 atom stereocenters. The number of anilines is 1. The van der Waals surface area contributed by atoms with Crippen LogP contribution >= 0.6 is 15.9 Å². The first-order valence-corrected chi connectivity index (χ1v) is 5.32. The number of hydrogen-bond acceptors (Lipinski definition) is 3. The van der Waals surface area contributed by atoms with E-state index in [1.807, 2.05) is 19.9 Å². The number of aromatic nitrogens is 3. The van der Waals surface area contributed by atoms with E-state index in [0.717, 1.165) is 15.7 Å². The molecule has 1 heterocycles. The van der Waals surface area contributed by atoms with Crippen LogP contribution in [0.5, 0.6) is 0 Å². The Kier molecular flexibility index (Phi) is 2.48. The lowest BCUT2D eigenvalue weighted by atomic mass is 10.1. The van der Waals surface area contributed by atoms with E-state index < -0.39 is 0 Å². The van der Waals surface area contributed by atoms with Crippen LogP contribution in [0.2, 0.25) is 0 Å². The zero-order valence-electron chi connectivity index (χ0n) is 8.53. The van der Waals surface area contributed by atoms with Crippen molar-refractivity contribution in [1.29, 1.82) is 0 Å². The van der Waals surface area contributed by atoms with Gasteiger partial charge in [-0.3, -0.25) is 0 Å². The van der Waals surface area contributed by atoms with E-state index in [-0.39, 0.29) is 0 Å². The van der Waals surface area contributed by atoms with E-state index in [1.54, 1.807) is 0 Å². The van der Waals surface area contributed by atoms with Crippen molar-refractivity contribution in [2.75, 3.05) is 5.73 Å². The number of halogens is 1. The largest absolute Gasteiger partial charge is 0.381 e. The molecule has 2 rings (SSSR count). The van der Waals surface area contributed by atoms with Gasteiger partial charge < -0.3 is 5.73 Å². The molecule has 4 nitrogen and oxygen atoms in total. The molecule has 1 aromatic carbocycles. The Morgan fingerprint density at radius 1 is 1.33 bits per heavy atom. The Morgan fingerprint density at radius 3 is 2.60 bits per heavy atom. The van der Waals surface area contributed by atoms with Crippen molar-refractivity contribution in [3.05, 3.63) is 33.9 Å². The van der Waals surface area contributed by atoms with Gasteiger partial charge in [0.15, 0.2) is 5.82 Å². The average Bonchev–Trinajstić information content (AvgIpc) is 2.49. The van der Waals surface area contributed by atoms with Crippen molar-refractivity contribution in [3.8, 4) is 5.69 Å². The van der Waals surface area contributed by atoms with Gasteiger partial charge in [-0.15, -0.1) is 9.90 Å². The predicted octanol–water partition coefficient (Wildman–Crippen LogP) is 2.23. The van der Waals surface area contributed by atoms with Crippen molar-refractivity contribution in [3.63, 3.8) is 0 Å². The molecule has 0 fully saturated rings. The Morgan fingerprint density at radius 2 is 2.07 bits per heavy atom. The summed E-state index contributed by atoms with van der Waals surface area (Å²) in [4.78, 5) is 1.54. The molecular formula is C10H11BrN4. The van der Waals surface area contributed by atoms with Crippen LogP contribution < -0.4 is 5.73 Å². The van der Waals surface area contributed by atoms with Gasteiger partial charge in [-0.25, -0.2) is 0 Å². The van der Waals surface area contributed by atoms with E-state index in [9.17, 15) is 0 Å². The third kappa shape index (κ3) is 1.87. The second-order valence-corrected chi connectivity index (χ2v) is 4.33. The van der Waals surface area contributed by atoms with Crippen LogP contribution in [0.4, 0.5) is 5.82 Å². The number of hydrogen-bond donors (Lipinski definition) is 1. The Labute approximate surface area is 96.2 Å². The molecule has 0 unspecified atom stereocenters. The van der Waals surface area contributed by atoms with Gasteiger partial charge in [0.1, 0.15) is 5.69 Å². The lowest BCUT2D eigenvalue weighted by Crippen LogP contribution is -2.03. The fourth-order valence-electron chi connectivity index (χ4n) is 1.54. The average molecular weight is 267 g/mol. The Balaban J connectivity index is 2.62. The minimum absolute atomic E-state index is 0.418. The first-order chi connectivity index (χ1) is 7.08. The highest BCUT2D eigenvalue weighted by molar-refractivity contribution is 9.10. The fraction of sp³-hybridized carbons (Fsp3) is 0.200. The van der Waals surface area contributed by atoms with E-state index >= 15 is 0 Å². The number of nitrogens with two attached hydrogens (primary N) is 1. The molecule has 0 saturated heterocycles. The number of nitrogen functional groups attached to an aromatic ring is 1. The summed E-state index contributed by atoms with van der Waals surface area (Å²) in [5.74, 6) is 0.418. The molecule has 0 radical (unpaired) electrons. The molecule has 0 aliphatic carbocycles. The van der Waals surface area contributed by atoms with Crippen LogP contribution in [0.15, 0.2) is 22.8 Å². The van der Waals surface area contributed by atoms with Gasteiger partial charge in [0.05, 0.1) is 6.20 Å². The number of benzene rings is 1. The van der Waals surface area contributed by atoms with Gasteiger partial charge in [-0.2, -0.15) is 5.10 Å². The molecule has 0 amide bonds. The van der Waals surface area contributed by atoms with E-state index in [1.165, 1.54) is 16.6 Å². The maximum Gasteiger partial charge on any atom is 0.166 e. The first-order valence-electron chi connectivity index (χ1n) is 4.53. The summed E-state index contributed by atoms with van der Waals surface area (Å²) in [5.41, 5.74) is 8.77. The number of nitrogens with zero attached hydrogens (tertiary/aromatic N) is 3. The molecule has 0 spiro atoms. The fourth-order valence-corrected chi connectivity index (χ4v) is 2.38. The van der Waals surface area contributed by atoms with Gasteiger partial charge in [-0.1, -0.05) is 6.07 Å². The summed E-state index contributed by atoms with van der Waals surface area (Å²) in [7, 11) is 0. The minimum atomic E-state index is 0.418. The zero-order valence-corrected chi connectivity index (χ0v) is 10.1. The van der Waals surface area contributed by atoms with Crippen LogP contribution in [0.1, 0.15) is 11.1 Å². The van der Waals surface area contributed by atoms with Crippen molar-refractivity contribution in [1.82, 2.24) is 15.0 Å². The van der Waals surface area contributed by atoms with Crippen LogP contribution in [0, 0.1) is 13.8 Å². The maximum absolute atomic E-state index is 5.54. The van der Waals surface area contributed by atoms with Crippen molar-refractivity contribution >= 4 is 21.7 Å². The normalized spacial score (nSPS) is 10.6. The van der Waals surface area contributed by atoms with Gasteiger partial charge in [0.2, 0.25) is 0 Å². The van der Waals surface area contributed by atoms with E-state index in [2.05, 4.69) is 32.2 Å². The highest BCUT2D eigenvalue weighted by atomic mass is 79.9. The summed E-state index contributed by atoms with van der Waals surface area (Å²) in [6.45, 7) is 4.07. The van der Waals surface area contributed by atoms with Gasteiger partial charge >= 0.3 is 0 Å². The van der Waals surface area contributed by atoms with Gasteiger partial charge in [-0.05, 0) is 47.0 Å². The molecule has 2 N–H and O–H groups in total. The van der Waals surface area contributed by atoms with Gasteiger partial charge in [0.25, 0.3) is 0 Å². The minimum Gasteiger partial charge on any atom is -0.381 e. The quantitative estimate of drug-likeness (QED) is 0.861. The molecule has 15 heavy (non-hydrogen) atoms. The Hall–Kier alpha value is -1.36. The second-order valence-electron chi connectivity index (χ2n) is 3.47. The highest BCUT2D eigenvalue weighted by Gasteiger charge is 2.09. The summed E-state index contributed by atoms with van der Waals surface area (Å²) in [6.07, 6.45) is 1.53. The van der Waals surface area contributed by atoms with E-state index in [0.29, 0.717) is 5.82 Å². The zero-order chi connectivity index (χ0) is 11.0. The summed E-state index contributed by atoms with van der Waals surface area (Å²) in [6, 6.07) is 4.11. The first kappa shape index (κ1) is 10.2. The molecule has 0 aliphatic rings. The van der Waals surface area contributed by atoms with Crippen molar-refractivity contribution in [2.24, 2.45) is 0 Å². The number of rotatable bonds is 1. The predicted molar refractivity (Wildman–Crippen MR) is 62.9 cm³/mol. The lowest BCUT2D eigenvalue weighted by Gasteiger charge is -2.08. The summed E-state index contributed by atoms with van der Waals surface area (Å²) >= 11 is 3.50. The van der Waals surface area contributed by atoms with Crippen LogP contribution in [-0.2, 0) is 0 Å². The third-order valence-corrected chi connectivity index (χ3v) is 2.71. The topological polar surface area (TPSA) is 56.7 Å². The van der Waals surface area contributed by atoms with Crippen molar-refractivity contribution in [2.45, 2.75) is 13.8 Å². The van der Waals surface area contributed by atoms with Gasteiger partial charge in [0, 0.05) is 4.47 Å². The molecule has 0 bridgehead atoms. The third-order valence-electron chi connectivity index (χ3n) is 2.11. The molecule has 5 heteroatoms. The van der Waals surface area contributed by atoms with Crippen LogP contribution in [0.25, 0.3) is 5.69 Å². The molecular weight excluding hydrogens is 256 g/mol. The lowest BCUT2D eigenvalue weighted by molar-refractivity contribution is 0.746. The molecule has 0 saturated carbocycles. The van der Waals surface area contributed by atoms with Crippen molar-refractivity contribution < 1.29 is 0 Å². The monoisotopic (exact) mass is 266 g/mol. The maximum atomic E-state index is 5.54. The SMILES string of the molecule is Cc1cc(C)c(-n2ncc(N)n2)c(Br)c1. The molecule has 0 aliphatic heterocycles. The van der Waals surface area contributed by atoms with Crippen LogP contribution in [0.3, 0.4) is 0 Å². The second kappa shape index (κ2) is 3.66. The standard InChI is InChI=1S/C10H11BrN4/c1-6-3-7(2)10(8(11)4-6)15-13-5-9(12)14-15/h3-5H,1-2H3,(H2,12,14). The smallest absolute Gasteiger partial charge is 0.166 e. The Bertz CT molecular complexity index is 481. The highest BCUT2D eigenvalue weighted by Crippen LogP contribution is 2.25. The van der Waals surface area contributed by atoms with Crippen LogP contribution in [-0.4, -0.2) is 15.0 Å². The molecule has 78 valence electrons. The molecule has 1 aromatic heterocycles. The van der Waals surface area contributed by atoms with E-state index in [4.69, 9.17) is 5.73 Å². The number of aryl methyl sites for hydroxylation is 2. The molecule has 2 aromatic rings. The summed E-state index contributed by atoms with van der Waals surface area (Å²) in [5, 5.41) is 8.17. The summed E-state index contributed by atoms with van der Waals surface area (Å²) < 4.78 is 0.968.